The first-order valence-corrected chi connectivity index (χ1v) is 30.0. The Balaban J connectivity index is 1.04. The molecule has 5 nitrogen and oxygen atoms in total. The smallest absolute Gasteiger partial charge is 0.238 e. The predicted molar refractivity (Wildman–Crippen MR) is 322 cm³/mol. The van der Waals surface area contributed by atoms with Gasteiger partial charge < -0.3 is 0 Å². The second-order valence-corrected chi connectivity index (χ2v) is 27.0. The van der Waals surface area contributed by atoms with Crippen molar-refractivity contribution in [2.45, 2.75) is 0 Å². The molecule has 2 aromatic heterocycles. The summed E-state index contributed by atoms with van der Waals surface area (Å²) in [7, 11) is -5.88. The maximum absolute atomic E-state index is 10.1. The first-order chi connectivity index (χ1) is 38.1. The van der Waals surface area contributed by atoms with E-state index in [1.54, 1.807) is 0 Å². The van der Waals surface area contributed by atoms with E-state index in [1.165, 1.54) is 52.6 Å². The normalized spacial score (nSPS) is 11.6. The lowest BCUT2D eigenvalue weighted by Gasteiger charge is -2.34. The number of nitriles is 1. The van der Waals surface area contributed by atoms with Crippen LogP contribution in [0.1, 0.15) is 5.56 Å². The quantitative estimate of drug-likeness (QED) is 0.0903. The third-order valence-corrected chi connectivity index (χ3v) is 24.7. The van der Waals surface area contributed by atoms with Crippen molar-refractivity contribution < 1.29 is 0 Å². The summed E-state index contributed by atoms with van der Waals surface area (Å²) in [4.78, 5) is 16.4. The number of hydrogen-bond acceptors (Lipinski definition) is 4. The lowest BCUT2D eigenvalue weighted by atomic mass is 10.1. The van der Waals surface area contributed by atoms with Gasteiger partial charge in [-0.15, -0.1) is 0 Å². The fourth-order valence-corrected chi connectivity index (χ4v) is 21.3. The number of rotatable bonds is 12. The van der Waals surface area contributed by atoms with Crippen molar-refractivity contribution >= 4 is 79.4 Å². The first kappa shape index (κ1) is 46.9. The summed E-state index contributed by atoms with van der Waals surface area (Å²) in [5.74, 6) is 1.60. The van der Waals surface area contributed by atoms with E-state index < -0.39 is 16.1 Å². The first-order valence-electron chi connectivity index (χ1n) is 26.0. The maximum atomic E-state index is 10.1. The van der Waals surface area contributed by atoms with E-state index >= 15 is 0 Å². The molecule has 0 aliphatic carbocycles. The van der Waals surface area contributed by atoms with Crippen molar-refractivity contribution in [3.63, 3.8) is 0 Å². The molecule has 7 heteroatoms. The summed E-state index contributed by atoms with van der Waals surface area (Å²) >= 11 is 0. The van der Waals surface area contributed by atoms with Gasteiger partial charge in [0, 0.05) is 21.9 Å². The Kier molecular flexibility index (Phi) is 12.3. The van der Waals surface area contributed by atoms with Crippen LogP contribution in [0.5, 0.6) is 0 Å². The van der Waals surface area contributed by atoms with Crippen molar-refractivity contribution in [1.29, 1.82) is 5.26 Å². The van der Waals surface area contributed by atoms with Crippen LogP contribution >= 0.6 is 0 Å². The van der Waals surface area contributed by atoms with Crippen molar-refractivity contribution in [1.82, 2.24) is 19.5 Å². The molecule has 77 heavy (non-hydrogen) atoms. The summed E-state index contributed by atoms with van der Waals surface area (Å²) < 4.78 is 2.12. The van der Waals surface area contributed by atoms with Crippen LogP contribution < -0.4 is 41.5 Å². The third-order valence-electron chi connectivity index (χ3n) is 15.2. The topological polar surface area (TPSA) is 67.4 Å². The number of nitrogens with zero attached hydrogens (tertiary/aromatic N) is 5. The molecule has 0 saturated carbocycles. The van der Waals surface area contributed by atoms with Crippen LogP contribution in [0.4, 0.5) is 0 Å². The molecule has 0 amide bonds. The molecule has 13 aromatic rings. The summed E-state index contributed by atoms with van der Waals surface area (Å²) in [5, 5.41) is 22.2. The zero-order chi connectivity index (χ0) is 51.6. The molecular weight excluding hydrogens is 967 g/mol. The van der Waals surface area contributed by atoms with Gasteiger partial charge in [-0.05, 0) is 76.9 Å². The fourth-order valence-electron chi connectivity index (χ4n) is 11.7. The average Bonchev–Trinajstić information content (AvgIpc) is 3.95. The molecule has 0 spiro atoms. The van der Waals surface area contributed by atoms with Crippen LogP contribution in [0, 0.1) is 11.3 Å². The lowest BCUT2D eigenvalue weighted by molar-refractivity contribution is 0.953. The molecule has 362 valence electrons. The van der Waals surface area contributed by atoms with Gasteiger partial charge >= 0.3 is 0 Å². The van der Waals surface area contributed by atoms with E-state index in [1.807, 2.05) is 30.3 Å². The second-order valence-electron chi connectivity index (χ2n) is 19.4. The molecule has 0 atom stereocenters. The molecule has 0 radical (unpaired) electrons. The van der Waals surface area contributed by atoms with Gasteiger partial charge in [-0.2, -0.15) is 15.2 Å². The molecule has 2 heterocycles. The van der Waals surface area contributed by atoms with Crippen molar-refractivity contribution in [2.24, 2.45) is 0 Å². The Morgan fingerprint density at radius 3 is 1.18 bits per heavy atom. The summed E-state index contributed by atoms with van der Waals surface area (Å²) in [6, 6.07) is 109. The second kappa shape index (κ2) is 20.1. The fraction of sp³-hybridized carbons (Fsp3) is 0. The SMILES string of the molecule is N#Cc1ccc2c(c1)c1ccccc1n2-c1nc(-c2ccc([Si](c3ccccc3)(c3ccccc3)c3cccc(-c4ccccc4)c3)cc2)nc(-c2cccc([Si](c3ccccc3)(c3ccccc3)c3ccccc3)c2)n1. The van der Waals surface area contributed by atoms with E-state index in [4.69, 9.17) is 15.0 Å². The van der Waals surface area contributed by atoms with Crippen LogP contribution in [-0.4, -0.2) is 35.7 Å². The molecule has 13 rings (SSSR count). The van der Waals surface area contributed by atoms with Gasteiger partial charge in [0.05, 0.1) is 22.7 Å². The monoisotopic (exact) mass is 1020 g/mol. The highest BCUT2D eigenvalue weighted by Gasteiger charge is 2.43. The van der Waals surface area contributed by atoms with Gasteiger partial charge in [0.15, 0.2) is 27.8 Å². The minimum atomic E-state index is -2.96. The average molecular weight is 1020 g/mol. The Bertz CT molecular complexity index is 4120. The van der Waals surface area contributed by atoms with E-state index in [-0.39, 0.29) is 0 Å². The Hall–Kier alpha value is -9.85. The van der Waals surface area contributed by atoms with Crippen LogP contribution in [0.2, 0.25) is 0 Å². The lowest BCUT2D eigenvalue weighted by Crippen LogP contribution is -2.74. The largest absolute Gasteiger partial charge is 0.278 e. The van der Waals surface area contributed by atoms with E-state index in [0.29, 0.717) is 23.2 Å². The number of para-hydroxylation sites is 1. The molecule has 0 bridgehead atoms. The predicted octanol–water partition coefficient (Wildman–Crippen LogP) is 10.6. The van der Waals surface area contributed by atoms with Crippen LogP contribution in [0.3, 0.4) is 0 Å². The molecule has 0 aliphatic heterocycles. The Morgan fingerprint density at radius 1 is 0.286 bits per heavy atom. The number of hydrogen-bond donors (Lipinski definition) is 0. The third kappa shape index (κ3) is 8.21. The summed E-state index contributed by atoms with van der Waals surface area (Å²) in [5.41, 5.74) is 6.55. The molecule has 0 fully saturated rings. The minimum absolute atomic E-state index is 0.489. The Morgan fingerprint density at radius 2 is 0.675 bits per heavy atom. The number of fused-ring (bicyclic) bond motifs is 3. The van der Waals surface area contributed by atoms with Crippen LogP contribution in [0.25, 0.3) is 61.7 Å². The van der Waals surface area contributed by atoms with E-state index in [0.717, 1.165) is 32.9 Å². The van der Waals surface area contributed by atoms with Gasteiger partial charge in [0.25, 0.3) is 0 Å². The van der Waals surface area contributed by atoms with Crippen molar-refractivity contribution in [3.8, 4) is 45.9 Å². The Labute approximate surface area is 450 Å². The van der Waals surface area contributed by atoms with E-state index in [2.05, 4.69) is 278 Å². The number of benzene rings is 11. The van der Waals surface area contributed by atoms with Crippen LogP contribution in [0.15, 0.2) is 297 Å². The molecule has 0 N–H and O–H groups in total. The molecule has 11 aromatic carbocycles. The van der Waals surface area contributed by atoms with Crippen molar-refractivity contribution in [2.75, 3.05) is 0 Å². The molecular formula is C70H49N5Si2. The highest BCUT2D eigenvalue weighted by atomic mass is 28.3. The molecule has 0 aliphatic rings. The molecule has 0 unspecified atom stereocenters. The van der Waals surface area contributed by atoms with Gasteiger partial charge in [0.2, 0.25) is 5.95 Å². The highest BCUT2D eigenvalue weighted by Crippen LogP contribution is 2.33. The number of aromatic nitrogens is 4. The highest BCUT2D eigenvalue weighted by molar-refractivity contribution is 7.20. The summed E-state index contributed by atoms with van der Waals surface area (Å²) in [6.45, 7) is 0. The molecule has 0 saturated heterocycles. The maximum Gasteiger partial charge on any atom is 0.238 e. The van der Waals surface area contributed by atoms with Crippen molar-refractivity contribution in [3.05, 3.63) is 303 Å². The zero-order valence-electron chi connectivity index (χ0n) is 42.0. The van der Waals surface area contributed by atoms with Gasteiger partial charge in [-0.25, -0.2) is 4.98 Å². The van der Waals surface area contributed by atoms with Gasteiger partial charge in [0.1, 0.15) is 0 Å². The minimum Gasteiger partial charge on any atom is -0.278 e. The van der Waals surface area contributed by atoms with Crippen LogP contribution in [-0.2, 0) is 0 Å². The van der Waals surface area contributed by atoms with Gasteiger partial charge in [-0.3, -0.25) is 4.57 Å². The zero-order valence-corrected chi connectivity index (χ0v) is 44.0. The standard InChI is InChI=1S/C70H49N5Si2/c71-50-51-41-46-67-65(47-51)64-39-19-20-40-66(64)75(67)70-73-68(72-69(74-70)55-26-22-38-63(49-55)76(56-27-9-2-10-28-56,57-29-11-3-12-30-57)58-31-13-4-14-32-58)53-42-44-61(45-43-53)77(59-33-15-5-16-34-59,60-35-17-6-18-36-60)62-37-21-25-54(48-62)52-23-7-1-8-24-52/h1-49H. The summed E-state index contributed by atoms with van der Waals surface area (Å²) in [6.07, 6.45) is 0. The van der Waals surface area contributed by atoms with Gasteiger partial charge in [-0.1, -0.05) is 273 Å². The van der Waals surface area contributed by atoms with E-state index in [9.17, 15) is 5.26 Å².